The Morgan fingerprint density at radius 1 is 0.205 bits per heavy atom. The Labute approximate surface area is 256 Å². The zero-order chi connectivity index (χ0) is 29.0. The van der Waals surface area contributed by atoms with Crippen molar-refractivity contribution in [2.45, 2.75) is 0 Å². The predicted octanol–water partition coefficient (Wildman–Crippen LogP) is 12.5. The predicted molar refractivity (Wildman–Crippen MR) is 190 cm³/mol. The SMILES string of the molecule is c1ccc(-c2cccc(-c3c4ccccc4c(-c4ccc5ccc6cc7ccccc7cc6c5c4)c4ccccc34)c2)cc1. The minimum absolute atomic E-state index is 1.23. The molecular weight excluding hydrogens is 528 g/mol. The van der Waals surface area contributed by atoms with Crippen LogP contribution in [0.3, 0.4) is 0 Å². The van der Waals surface area contributed by atoms with Crippen LogP contribution in [-0.2, 0) is 0 Å². The second kappa shape index (κ2) is 9.93. The van der Waals surface area contributed by atoms with Crippen LogP contribution in [-0.4, -0.2) is 0 Å². The van der Waals surface area contributed by atoms with Gasteiger partial charge in [-0.05, 0) is 112 Å². The molecule has 0 amide bonds. The summed E-state index contributed by atoms with van der Waals surface area (Å²) in [6.07, 6.45) is 0. The van der Waals surface area contributed by atoms with Gasteiger partial charge >= 0.3 is 0 Å². The summed E-state index contributed by atoms with van der Waals surface area (Å²) in [6.45, 7) is 0. The van der Waals surface area contributed by atoms with Crippen LogP contribution in [0.25, 0.3) is 87.2 Å². The average Bonchev–Trinajstić information content (AvgIpc) is 3.10. The number of fused-ring (bicyclic) bond motifs is 6. The van der Waals surface area contributed by atoms with E-state index in [4.69, 9.17) is 0 Å². The van der Waals surface area contributed by atoms with Crippen molar-refractivity contribution in [1.29, 1.82) is 0 Å². The molecule has 0 heteroatoms. The monoisotopic (exact) mass is 556 g/mol. The number of hydrogen-bond donors (Lipinski definition) is 0. The standard InChI is InChI=1S/C44H28/c1-2-11-29(12-3-1)31-15-10-16-35(26-31)43-37-17-6-8-19-39(37)44(40-20-9-7-18-38(40)43)36-24-22-30-21-23-34-25-32-13-4-5-14-33(32)27-42(34)41(30)28-36/h1-28H. The summed E-state index contributed by atoms with van der Waals surface area (Å²) >= 11 is 0. The van der Waals surface area contributed by atoms with Gasteiger partial charge in [-0.15, -0.1) is 0 Å². The van der Waals surface area contributed by atoms with Crippen molar-refractivity contribution in [3.05, 3.63) is 170 Å². The molecule has 204 valence electrons. The quantitative estimate of drug-likeness (QED) is 0.150. The van der Waals surface area contributed by atoms with Gasteiger partial charge in [0, 0.05) is 0 Å². The summed E-state index contributed by atoms with van der Waals surface area (Å²) in [6, 6.07) is 62.4. The summed E-state index contributed by atoms with van der Waals surface area (Å²) in [5.41, 5.74) is 7.52. The minimum atomic E-state index is 1.23. The van der Waals surface area contributed by atoms with E-state index in [2.05, 4.69) is 170 Å². The van der Waals surface area contributed by atoms with Crippen LogP contribution in [0.15, 0.2) is 170 Å². The molecule has 9 rings (SSSR count). The van der Waals surface area contributed by atoms with Crippen molar-refractivity contribution in [3.63, 3.8) is 0 Å². The van der Waals surface area contributed by atoms with Gasteiger partial charge in [0.2, 0.25) is 0 Å². The maximum absolute atomic E-state index is 2.41. The second-order valence-electron chi connectivity index (χ2n) is 11.7. The average molecular weight is 557 g/mol. The molecule has 0 nitrogen and oxygen atoms in total. The van der Waals surface area contributed by atoms with Crippen LogP contribution in [0.4, 0.5) is 0 Å². The van der Waals surface area contributed by atoms with E-state index >= 15 is 0 Å². The summed E-state index contributed by atoms with van der Waals surface area (Å²) < 4.78 is 0. The first-order valence-electron chi connectivity index (χ1n) is 15.3. The van der Waals surface area contributed by atoms with Crippen LogP contribution >= 0.6 is 0 Å². The molecule has 0 aliphatic rings. The van der Waals surface area contributed by atoms with Gasteiger partial charge in [0.1, 0.15) is 0 Å². The molecular formula is C44H28. The van der Waals surface area contributed by atoms with E-state index in [-0.39, 0.29) is 0 Å². The lowest BCUT2D eigenvalue weighted by Gasteiger charge is -2.18. The lowest BCUT2D eigenvalue weighted by atomic mass is 9.85. The fourth-order valence-electron chi connectivity index (χ4n) is 7.13. The van der Waals surface area contributed by atoms with Gasteiger partial charge in [0.05, 0.1) is 0 Å². The minimum Gasteiger partial charge on any atom is -0.0622 e. The van der Waals surface area contributed by atoms with E-state index in [1.54, 1.807) is 0 Å². The summed E-state index contributed by atoms with van der Waals surface area (Å²) in [4.78, 5) is 0. The molecule has 44 heavy (non-hydrogen) atoms. The highest BCUT2D eigenvalue weighted by Gasteiger charge is 2.17. The Balaban J connectivity index is 1.33. The third-order valence-electron chi connectivity index (χ3n) is 9.18. The van der Waals surface area contributed by atoms with Crippen LogP contribution in [0.2, 0.25) is 0 Å². The first-order valence-corrected chi connectivity index (χ1v) is 15.3. The first kappa shape index (κ1) is 24.8. The van der Waals surface area contributed by atoms with Crippen LogP contribution in [0, 0.1) is 0 Å². The van der Waals surface area contributed by atoms with E-state index in [0.29, 0.717) is 0 Å². The zero-order valence-electron chi connectivity index (χ0n) is 24.2. The van der Waals surface area contributed by atoms with E-state index < -0.39 is 0 Å². The third kappa shape index (κ3) is 3.92. The topological polar surface area (TPSA) is 0 Å². The van der Waals surface area contributed by atoms with Gasteiger partial charge < -0.3 is 0 Å². The molecule has 0 atom stereocenters. The summed E-state index contributed by atoms with van der Waals surface area (Å²) in [5.74, 6) is 0. The largest absolute Gasteiger partial charge is 0.0622 e. The number of rotatable bonds is 3. The highest BCUT2D eigenvalue weighted by molar-refractivity contribution is 6.22. The Kier molecular flexibility index (Phi) is 5.61. The maximum Gasteiger partial charge on any atom is -0.00261 e. The maximum atomic E-state index is 2.41. The molecule has 0 unspecified atom stereocenters. The van der Waals surface area contributed by atoms with Gasteiger partial charge in [-0.2, -0.15) is 0 Å². The second-order valence-corrected chi connectivity index (χ2v) is 11.7. The fourth-order valence-corrected chi connectivity index (χ4v) is 7.13. The summed E-state index contributed by atoms with van der Waals surface area (Å²) in [5, 5.41) is 12.8. The van der Waals surface area contributed by atoms with Crippen molar-refractivity contribution in [2.75, 3.05) is 0 Å². The molecule has 0 aromatic heterocycles. The Morgan fingerprint density at radius 3 is 1.36 bits per heavy atom. The molecule has 0 aliphatic heterocycles. The third-order valence-corrected chi connectivity index (χ3v) is 9.18. The smallest absolute Gasteiger partial charge is 0.00261 e. The van der Waals surface area contributed by atoms with Gasteiger partial charge in [-0.1, -0.05) is 146 Å². The van der Waals surface area contributed by atoms with E-state index in [1.807, 2.05) is 0 Å². The molecule has 0 spiro atoms. The van der Waals surface area contributed by atoms with Gasteiger partial charge in [0.15, 0.2) is 0 Å². The van der Waals surface area contributed by atoms with E-state index in [0.717, 1.165) is 0 Å². The van der Waals surface area contributed by atoms with Crippen LogP contribution < -0.4 is 0 Å². The molecule has 0 N–H and O–H groups in total. The molecule has 9 aromatic rings. The lowest BCUT2D eigenvalue weighted by Crippen LogP contribution is -1.91. The molecule has 0 fully saturated rings. The molecule has 0 bridgehead atoms. The number of benzene rings is 9. The lowest BCUT2D eigenvalue weighted by molar-refractivity contribution is 1.61. The van der Waals surface area contributed by atoms with Crippen molar-refractivity contribution >= 4 is 53.9 Å². The van der Waals surface area contributed by atoms with E-state index in [9.17, 15) is 0 Å². The first-order chi connectivity index (χ1) is 21.8. The summed E-state index contributed by atoms with van der Waals surface area (Å²) in [7, 11) is 0. The van der Waals surface area contributed by atoms with Crippen molar-refractivity contribution < 1.29 is 0 Å². The van der Waals surface area contributed by atoms with Crippen molar-refractivity contribution in [1.82, 2.24) is 0 Å². The Hall–Kier alpha value is -5.72. The molecule has 0 aliphatic carbocycles. The highest BCUT2D eigenvalue weighted by atomic mass is 14.2. The van der Waals surface area contributed by atoms with Gasteiger partial charge in [-0.25, -0.2) is 0 Å². The zero-order valence-corrected chi connectivity index (χ0v) is 24.2. The molecule has 9 aromatic carbocycles. The Morgan fingerprint density at radius 2 is 0.682 bits per heavy atom. The number of hydrogen-bond acceptors (Lipinski definition) is 0. The normalized spacial score (nSPS) is 11.6. The Bertz CT molecular complexity index is 2480. The van der Waals surface area contributed by atoms with Crippen molar-refractivity contribution in [2.24, 2.45) is 0 Å². The van der Waals surface area contributed by atoms with Crippen molar-refractivity contribution in [3.8, 4) is 33.4 Å². The van der Waals surface area contributed by atoms with E-state index in [1.165, 1.54) is 87.2 Å². The fraction of sp³-hybridized carbons (Fsp3) is 0. The molecule has 0 saturated heterocycles. The molecule has 0 saturated carbocycles. The highest BCUT2D eigenvalue weighted by Crippen LogP contribution is 2.45. The molecule has 0 radical (unpaired) electrons. The van der Waals surface area contributed by atoms with Gasteiger partial charge in [-0.3, -0.25) is 0 Å². The van der Waals surface area contributed by atoms with Crippen LogP contribution in [0.1, 0.15) is 0 Å². The van der Waals surface area contributed by atoms with Gasteiger partial charge in [0.25, 0.3) is 0 Å². The molecule has 0 heterocycles. The van der Waals surface area contributed by atoms with Crippen LogP contribution in [0.5, 0.6) is 0 Å².